The first-order chi connectivity index (χ1) is 5.25. The van der Waals surface area contributed by atoms with Crippen molar-refractivity contribution in [1.29, 1.82) is 0 Å². The molecule has 0 saturated carbocycles. The Morgan fingerprint density at radius 2 is 2.36 bits per heavy atom. The third-order valence-electron chi connectivity index (χ3n) is 1.25. The number of halogens is 1. The van der Waals surface area contributed by atoms with Gasteiger partial charge in [-0.2, -0.15) is 0 Å². The minimum atomic E-state index is -0.242. The lowest BCUT2D eigenvalue weighted by Crippen LogP contribution is -2.14. The lowest BCUT2D eigenvalue weighted by Gasteiger charge is -1.92. The summed E-state index contributed by atoms with van der Waals surface area (Å²) < 4.78 is 0. The number of alkyl halides is 1. The zero-order valence-electron chi connectivity index (χ0n) is 5.63. The first-order valence-electron chi connectivity index (χ1n) is 3.02. The summed E-state index contributed by atoms with van der Waals surface area (Å²) in [6.07, 6.45) is 2.90. The van der Waals surface area contributed by atoms with Crippen molar-refractivity contribution in [3.05, 3.63) is 34.2 Å². The van der Waals surface area contributed by atoms with E-state index in [1.165, 1.54) is 18.5 Å². The van der Waals surface area contributed by atoms with Crippen LogP contribution in [0.5, 0.6) is 0 Å². The molecular formula is C7H6BrNO2. The van der Waals surface area contributed by atoms with Gasteiger partial charge in [0.25, 0.3) is 0 Å². The van der Waals surface area contributed by atoms with Crippen LogP contribution in [0.1, 0.15) is 10.4 Å². The van der Waals surface area contributed by atoms with Crippen LogP contribution in [0.4, 0.5) is 0 Å². The molecule has 4 heteroatoms. The van der Waals surface area contributed by atoms with Crippen molar-refractivity contribution < 1.29 is 4.79 Å². The van der Waals surface area contributed by atoms with Gasteiger partial charge in [0.05, 0.1) is 10.9 Å². The Morgan fingerprint density at radius 1 is 1.64 bits per heavy atom. The third-order valence-corrected chi connectivity index (χ3v) is 1.76. The van der Waals surface area contributed by atoms with Gasteiger partial charge >= 0.3 is 0 Å². The first kappa shape index (κ1) is 8.20. The molecule has 3 nitrogen and oxygen atoms in total. The summed E-state index contributed by atoms with van der Waals surface area (Å²) >= 11 is 2.98. The normalized spacial score (nSPS) is 9.55. The highest BCUT2D eigenvalue weighted by atomic mass is 79.9. The molecule has 0 atom stereocenters. The number of pyridine rings is 1. The van der Waals surface area contributed by atoms with Crippen LogP contribution in [0.25, 0.3) is 0 Å². The number of aromatic nitrogens is 1. The number of ketones is 1. The molecule has 0 radical (unpaired) electrons. The van der Waals surface area contributed by atoms with Crippen LogP contribution < -0.4 is 5.43 Å². The van der Waals surface area contributed by atoms with Gasteiger partial charge in [0.1, 0.15) is 0 Å². The molecule has 58 valence electrons. The smallest absolute Gasteiger partial charge is 0.192 e. The molecule has 1 heterocycles. The Bertz CT molecular complexity index is 318. The van der Waals surface area contributed by atoms with Crippen LogP contribution >= 0.6 is 15.9 Å². The molecule has 0 spiro atoms. The number of hydrogen-bond donors (Lipinski definition) is 1. The van der Waals surface area contributed by atoms with Gasteiger partial charge < -0.3 is 4.98 Å². The van der Waals surface area contributed by atoms with Crippen molar-refractivity contribution in [1.82, 2.24) is 4.98 Å². The van der Waals surface area contributed by atoms with Gasteiger partial charge in [-0.05, 0) is 0 Å². The predicted octanol–water partition coefficient (Wildman–Crippen LogP) is 0.952. The maximum absolute atomic E-state index is 11.0. The highest BCUT2D eigenvalue weighted by Crippen LogP contribution is 1.93. The zero-order chi connectivity index (χ0) is 8.27. The molecule has 0 aliphatic heterocycles. The van der Waals surface area contributed by atoms with Crippen LogP contribution in [-0.2, 0) is 0 Å². The summed E-state index contributed by atoms with van der Waals surface area (Å²) in [6, 6.07) is 1.33. The highest BCUT2D eigenvalue weighted by molar-refractivity contribution is 9.09. The zero-order valence-corrected chi connectivity index (χ0v) is 7.22. The van der Waals surface area contributed by atoms with Crippen molar-refractivity contribution >= 4 is 21.7 Å². The van der Waals surface area contributed by atoms with Gasteiger partial charge in [0.2, 0.25) is 0 Å². The minimum absolute atomic E-state index is 0.181. The molecule has 0 aromatic carbocycles. The average Bonchev–Trinajstić information content (AvgIpc) is 2.04. The second-order valence-electron chi connectivity index (χ2n) is 1.98. The van der Waals surface area contributed by atoms with E-state index in [2.05, 4.69) is 20.9 Å². The predicted molar refractivity (Wildman–Crippen MR) is 45.2 cm³/mol. The number of aromatic amines is 1. The lowest BCUT2D eigenvalue weighted by molar-refractivity contribution is 0.102. The van der Waals surface area contributed by atoms with E-state index >= 15 is 0 Å². The number of rotatable bonds is 2. The Kier molecular flexibility index (Phi) is 2.59. The van der Waals surface area contributed by atoms with Crippen LogP contribution in [0, 0.1) is 0 Å². The maximum Gasteiger partial charge on any atom is 0.192 e. The molecule has 1 N–H and O–H groups in total. The van der Waals surface area contributed by atoms with E-state index in [9.17, 15) is 9.59 Å². The molecule has 1 aromatic rings. The van der Waals surface area contributed by atoms with Gasteiger partial charge in [-0.1, -0.05) is 15.9 Å². The number of hydrogen-bond acceptors (Lipinski definition) is 2. The van der Waals surface area contributed by atoms with E-state index in [4.69, 9.17) is 0 Å². The van der Waals surface area contributed by atoms with Gasteiger partial charge in [0, 0.05) is 18.5 Å². The summed E-state index contributed by atoms with van der Waals surface area (Å²) in [5.41, 5.74) is -0.0439. The topological polar surface area (TPSA) is 49.9 Å². The number of Topliss-reactive ketones (excluding diaryl/α,β-unsaturated/α-hetero) is 1. The second kappa shape index (κ2) is 3.48. The van der Waals surface area contributed by atoms with E-state index < -0.39 is 0 Å². The monoisotopic (exact) mass is 215 g/mol. The summed E-state index contributed by atoms with van der Waals surface area (Å²) in [7, 11) is 0. The quantitative estimate of drug-likeness (QED) is 0.591. The summed E-state index contributed by atoms with van der Waals surface area (Å²) in [5.74, 6) is -0.202. The Balaban J connectivity index is 3.14. The molecule has 0 unspecified atom stereocenters. The number of carbonyl (C=O) groups excluding carboxylic acids is 1. The lowest BCUT2D eigenvalue weighted by atomic mass is 10.2. The summed E-state index contributed by atoms with van der Waals surface area (Å²) in [4.78, 5) is 24.6. The molecular weight excluding hydrogens is 210 g/mol. The molecule has 0 fully saturated rings. The van der Waals surface area contributed by atoms with Crippen molar-refractivity contribution in [2.75, 3.05) is 5.33 Å². The molecule has 0 aliphatic rings. The molecule has 0 bridgehead atoms. The molecule has 0 amide bonds. The van der Waals surface area contributed by atoms with E-state index in [0.717, 1.165) is 0 Å². The molecule has 0 aliphatic carbocycles. The third kappa shape index (κ3) is 1.77. The van der Waals surface area contributed by atoms with Crippen LogP contribution in [0.3, 0.4) is 0 Å². The first-order valence-corrected chi connectivity index (χ1v) is 4.14. The SMILES string of the molecule is O=C(CBr)c1c[nH]ccc1=O. The average molecular weight is 216 g/mol. The maximum atomic E-state index is 11.0. The number of carbonyl (C=O) groups is 1. The summed E-state index contributed by atoms with van der Waals surface area (Å²) in [5, 5.41) is 0.181. The van der Waals surface area contributed by atoms with E-state index in [1.807, 2.05) is 0 Å². The van der Waals surface area contributed by atoms with Gasteiger partial charge in [-0.25, -0.2) is 0 Å². The van der Waals surface area contributed by atoms with Gasteiger partial charge in [0.15, 0.2) is 11.2 Å². The van der Waals surface area contributed by atoms with Gasteiger partial charge in [-0.3, -0.25) is 9.59 Å². The highest BCUT2D eigenvalue weighted by Gasteiger charge is 2.06. The second-order valence-corrected chi connectivity index (χ2v) is 2.54. The standard InChI is InChI=1S/C7H6BrNO2/c8-3-7(11)5-4-9-2-1-6(5)10/h1-2,4H,3H2,(H,9,10). The van der Waals surface area contributed by atoms with Crippen LogP contribution in [0.15, 0.2) is 23.3 Å². The fourth-order valence-corrected chi connectivity index (χ4v) is 1.01. The van der Waals surface area contributed by atoms with Crippen LogP contribution in [-0.4, -0.2) is 16.1 Å². The van der Waals surface area contributed by atoms with Gasteiger partial charge in [-0.15, -0.1) is 0 Å². The Labute approximate surface area is 71.6 Å². The Hall–Kier alpha value is -0.900. The number of H-pyrrole nitrogens is 1. The fourth-order valence-electron chi connectivity index (χ4n) is 0.706. The van der Waals surface area contributed by atoms with Crippen LogP contribution in [0.2, 0.25) is 0 Å². The fraction of sp³-hybridized carbons (Fsp3) is 0.143. The Morgan fingerprint density at radius 3 is 2.91 bits per heavy atom. The van der Waals surface area contributed by atoms with Crippen molar-refractivity contribution in [3.63, 3.8) is 0 Å². The van der Waals surface area contributed by atoms with Crippen molar-refractivity contribution in [3.8, 4) is 0 Å². The largest absolute Gasteiger partial charge is 0.367 e. The number of nitrogens with one attached hydrogen (secondary N) is 1. The molecule has 11 heavy (non-hydrogen) atoms. The molecule has 1 aromatic heterocycles. The van der Waals surface area contributed by atoms with Crippen molar-refractivity contribution in [2.24, 2.45) is 0 Å². The summed E-state index contributed by atoms with van der Waals surface area (Å²) in [6.45, 7) is 0. The van der Waals surface area contributed by atoms with E-state index in [1.54, 1.807) is 0 Å². The van der Waals surface area contributed by atoms with Crippen molar-refractivity contribution in [2.45, 2.75) is 0 Å². The van der Waals surface area contributed by atoms with E-state index in [-0.39, 0.29) is 22.1 Å². The minimum Gasteiger partial charge on any atom is -0.367 e. The van der Waals surface area contributed by atoms with E-state index in [0.29, 0.717) is 0 Å². The molecule has 1 rings (SSSR count). The molecule has 0 saturated heterocycles.